The van der Waals surface area contributed by atoms with Crippen LogP contribution in [0.25, 0.3) is 0 Å². The summed E-state index contributed by atoms with van der Waals surface area (Å²) in [6, 6.07) is 0. The second-order valence-electron chi connectivity index (χ2n) is 5.67. The lowest BCUT2D eigenvalue weighted by Gasteiger charge is -2.16. The molecule has 0 aliphatic carbocycles. The largest absolute Gasteiger partial charge is 0.391 e. The zero-order chi connectivity index (χ0) is 15.1. The summed E-state index contributed by atoms with van der Waals surface area (Å²) in [6.07, 6.45) is 20.5. The maximum atomic E-state index is 9.81. The lowest BCUT2D eigenvalue weighted by molar-refractivity contribution is 0.134. The second-order valence-corrected chi connectivity index (χ2v) is 5.67. The molecule has 0 saturated carbocycles. The number of terminal acetylenes is 1. The minimum absolute atomic E-state index is 0.307. The van der Waals surface area contributed by atoms with Crippen molar-refractivity contribution in [2.45, 2.75) is 70.8 Å². The average Bonchev–Trinajstić information content (AvgIpc) is 2.41. The van der Waals surface area contributed by atoms with Crippen molar-refractivity contribution in [3.8, 4) is 12.3 Å². The standard InChI is InChI=1S/C18H33NO/c1-4-6-7-8-9-10-11-12-13-14-15-18(20)17-19(3)16-5-2/h2,13-14,18,20H,4,6-12,15-17H2,1,3H3/b14-13-. The first kappa shape index (κ1) is 19.2. The Labute approximate surface area is 126 Å². The highest BCUT2D eigenvalue weighted by Gasteiger charge is 2.04. The number of aliphatic hydroxyl groups excluding tert-OH is 1. The van der Waals surface area contributed by atoms with Gasteiger partial charge in [0.1, 0.15) is 0 Å². The first-order valence-electron chi connectivity index (χ1n) is 8.15. The Hall–Kier alpha value is -0.780. The van der Waals surface area contributed by atoms with Crippen molar-refractivity contribution in [2.75, 3.05) is 20.1 Å². The highest BCUT2D eigenvalue weighted by atomic mass is 16.3. The van der Waals surface area contributed by atoms with Crippen LogP contribution in [0.4, 0.5) is 0 Å². The molecule has 0 heterocycles. The number of hydrogen-bond acceptors (Lipinski definition) is 2. The Balaban J connectivity index is 3.37. The molecule has 0 spiro atoms. The van der Waals surface area contributed by atoms with Gasteiger partial charge in [0, 0.05) is 6.54 Å². The van der Waals surface area contributed by atoms with E-state index >= 15 is 0 Å². The quantitative estimate of drug-likeness (QED) is 0.313. The van der Waals surface area contributed by atoms with E-state index in [0.29, 0.717) is 13.1 Å². The minimum atomic E-state index is -0.307. The molecule has 0 aliphatic heterocycles. The van der Waals surface area contributed by atoms with E-state index in [1.165, 1.54) is 44.9 Å². The number of likely N-dealkylation sites (N-methyl/N-ethyl adjacent to an activating group) is 1. The second kappa shape index (κ2) is 14.6. The Kier molecular flexibility index (Phi) is 14.1. The van der Waals surface area contributed by atoms with Gasteiger partial charge in [0.2, 0.25) is 0 Å². The number of nitrogens with zero attached hydrogens (tertiary/aromatic N) is 1. The normalized spacial score (nSPS) is 12.9. The molecule has 0 rings (SSSR count). The molecule has 2 nitrogen and oxygen atoms in total. The summed E-state index contributed by atoms with van der Waals surface area (Å²) in [4.78, 5) is 1.97. The van der Waals surface area contributed by atoms with Crippen molar-refractivity contribution in [3.05, 3.63) is 12.2 Å². The van der Waals surface area contributed by atoms with Gasteiger partial charge in [-0.05, 0) is 26.3 Å². The SMILES string of the molecule is C#CCN(C)CC(O)C/C=C\CCCCCCCCC. The molecule has 0 aromatic heterocycles. The van der Waals surface area contributed by atoms with Gasteiger partial charge in [-0.15, -0.1) is 6.42 Å². The van der Waals surface area contributed by atoms with Gasteiger partial charge in [-0.1, -0.05) is 63.5 Å². The molecule has 116 valence electrons. The number of rotatable bonds is 13. The summed E-state index contributed by atoms with van der Waals surface area (Å²) in [5, 5.41) is 9.81. The Morgan fingerprint density at radius 2 is 1.75 bits per heavy atom. The molecule has 1 unspecified atom stereocenters. The Bertz CT molecular complexity index is 267. The summed E-state index contributed by atoms with van der Waals surface area (Å²) in [6.45, 7) is 3.49. The van der Waals surface area contributed by atoms with Gasteiger partial charge in [-0.3, -0.25) is 4.90 Å². The van der Waals surface area contributed by atoms with Crippen LogP contribution in [0, 0.1) is 12.3 Å². The van der Waals surface area contributed by atoms with Crippen molar-refractivity contribution >= 4 is 0 Å². The van der Waals surface area contributed by atoms with Gasteiger partial charge in [-0.25, -0.2) is 0 Å². The molecule has 0 aromatic rings. The topological polar surface area (TPSA) is 23.5 Å². The van der Waals surface area contributed by atoms with E-state index < -0.39 is 0 Å². The van der Waals surface area contributed by atoms with Crippen LogP contribution in [0.3, 0.4) is 0 Å². The van der Waals surface area contributed by atoms with Crippen molar-refractivity contribution in [3.63, 3.8) is 0 Å². The third-order valence-electron chi connectivity index (χ3n) is 3.43. The van der Waals surface area contributed by atoms with Crippen molar-refractivity contribution in [1.82, 2.24) is 4.90 Å². The highest BCUT2D eigenvalue weighted by molar-refractivity contribution is 4.89. The number of allylic oxidation sites excluding steroid dienone is 1. The van der Waals surface area contributed by atoms with Crippen LogP contribution in [0.15, 0.2) is 12.2 Å². The fourth-order valence-corrected chi connectivity index (χ4v) is 2.25. The van der Waals surface area contributed by atoms with Gasteiger partial charge in [0.25, 0.3) is 0 Å². The lowest BCUT2D eigenvalue weighted by atomic mass is 10.1. The maximum Gasteiger partial charge on any atom is 0.0701 e. The first-order chi connectivity index (χ1) is 9.70. The van der Waals surface area contributed by atoms with Gasteiger partial charge in [0.05, 0.1) is 12.6 Å². The zero-order valence-electron chi connectivity index (χ0n) is 13.5. The van der Waals surface area contributed by atoms with Crippen molar-refractivity contribution < 1.29 is 5.11 Å². The monoisotopic (exact) mass is 279 g/mol. The number of unbranched alkanes of at least 4 members (excludes halogenated alkanes) is 7. The van der Waals surface area contributed by atoms with Crippen LogP contribution in [0.5, 0.6) is 0 Å². The third kappa shape index (κ3) is 13.6. The highest BCUT2D eigenvalue weighted by Crippen LogP contribution is 2.09. The summed E-state index contributed by atoms with van der Waals surface area (Å²) in [7, 11) is 1.94. The Morgan fingerprint density at radius 3 is 2.40 bits per heavy atom. The zero-order valence-corrected chi connectivity index (χ0v) is 13.5. The van der Waals surface area contributed by atoms with E-state index in [2.05, 4.69) is 25.0 Å². The third-order valence-corrected chi connectivity index (χ3v) is 3.43. The average molecular weight is 279 g/mol. The van der Waals surface area contributed by atoms with E-state index in [0.717, 1.165) is 12.8 Å². The minimum Gasteiger partial charge on any atom is -0.391 e. The van der Waals surface area contributed by atoms with E-state index in [9.17, 15) is 5.11 Å². The Morgan fingerprint density at radius 1 is 1.10 bits per heavy atom. The maximum absolute atomic E-state index is 9.81. The fourth-order valence-electron chi connectivity index (χ4n) is 2.25. The van der Waals surface area contributed by atoms with Gasteiger partial charge >= 0.3 is 0 Å². The molecule has 0 aliphatic rings. The van der Waals surface area contributed by atoms with Crippen LogP contribution >= 0.6 is 0 Å². The van der Waals surface area contributed by atoms with Crippen LogP contribution < -0.4 is 0 Å². The smallest absolute Gasteiger partial charge is 0.0701 e. The van der Waals surface area contributed by atoms with E-state index in [4.69, 9.17) is 6.42 Å². The van der Waals surface area contributed by atoms with Gasteiger partial charge in [-0.2, -0.15) is 0 Å². The molecular formula is C18H33NO. The van der Waals surface area contributed by atoms with Crippen molar-refractivity contribution in [1.29, 1.82) is 0 Å². The predicted octanol–water partition coefficient (Wildman–Crippen LogP) is 4.00. The molecule has 0 bridgehead atoms. The van der Waals surface area contributed by atoms with E-state index in [1.807, 2.05) is 11.9 Å². The molecule has 0 aromatic carbocycles. The van der Waals surface area contributed by atoms with E-state index in [-0.39, 0.29) is 6.10 Å². The fraction of sp³-hybridized carbons (Fsp3) is 0.778. The summed E-state index contributed by atoms with van der Waals surface area (Å²) in [5.74, 6) is 2.58. The lowest BCUT2D eigenvalue weighted by Crippen LogP contribution is -2.29. The summed E-state index contributed by atoms with van der Waals surface area (Å²) in [5.41, 5.74) is 0. The molecule has 2 heteroatoms. The number of hydrogen-bond donors (Lipinski definition) is 1. The van der Waals surface area contributed by atoms with E-state index in [1.54, 1.807) is 0 Å². The molecule has 20 heavy (non-hydrogen) atoms. The van der Waals surface area contributed by atoms with Crippen LogP contribution in [0.2, 0.25) is 0 Å². The van der Waals surface area contributed by atoms with Crippen molar-refractivity contribution in [2.24, 2.45) is 0 Å². The van der Waals surface area contributed by atoms with Crippen LogP contribution in [0.1, 0.15) is 64.7 Å². The van der Waals surface area contributed by atoms with Crippen LogP contribution in [-0.2, 0) is 0 Å². The summed E-state index contributed by atoms with van der Waals surface area (Å²) < 4.78 is 0. The van der Waals surface area contributed by atoms with Gasteiger partial charge in [0.15, 0.2) is 0 Å². The molecule has 0 saturated heterocycles. The summed E-state index contributed by atoms with van der Waals surface area (Å²) >= 11 is 0. The molecular weight excluding hydrogens is 246 g/mol. The molecule has 1 N–H and O–H groups in total. The molecule has 0 fully saturated rings. The molecule has 0 radical (unpaired) electrons. The molecule has 0 amide bonds. The van der Waals surface area contributed by atoms with Gasteiger partial charge < -0.3 is 5.11 Å². The predicted molar refractivity (Wildman–Crippen MR) is 88.7 cm³/mol. The van der Waals surface area contributed by atoms with Crippen LogP contribution in [-0.4, -0.2) is 36.2 Å². The number of aliphatic hydroxyl groups is 1. The molecule has 1 atom stereocenters. The first-order valence-corrected chi connectivity index (χ1v) is 8.15.